The van der Waals surface area contributed by atoms with Crippen molar-refractivity contribution in [3.63, 3.8) is 0 Å². The molecule has 1 aliphatic carbocycles. The average molecular weight is 424 g/mol. The molecule has 0 bridgehead atoms. The number of aromatic nitrogens is 1. The fourth-order valence-corrected chi connectivity index (χ4v) is 4.70. The number of fused-ring (bicyclic) bond motifs is 1. The van der Waals surface area contributed by atoms with Gasteiger partial charge in [0.05, 0.1) is 12.0 Å². The molecule has 1 aliphatic rings. The van der Waals surface area contributed by atoms with Gasteiger partial charge in [-0.2, -0.15) is 0 Å². The molecule has 2 heterocycles. The fourth-order valence-electron chi connectivity index (χ4n) is 3.65. The highest BCUT2D eigenvalue weighted by molar-refractivity contribution is 7.15. The molecule has 6 nitrogen and oxygen atoms in total. The summed E-state index contributed by atoms with van der Waals surface area (Å²) >= 11 is 1.55. The molecule has 2 N–H and O–H groups in total. The first-order valence-corrected chi connectivity index (χ1v) is 11.2. The first-order chi connectivity index (χ1) is 14.7. The van der Waals surface area contributed by atoms with Crippen LogP contribution in [0.5, 0.6) is 0 Å². The lowest BCUT2D eigenvalue weighted by Crippen LogP contribution is -2.45. The van der Waals surface area contributed by atoms with Crippen LogP contribution in [0.25, 0.3) is 0 Å². The molecule has 2 aromatic heterocycles. The van der Waals surface area contributed by atoms with Gasteiger partial charge in [-0.25, -0.2) is 4.98 Å². The van der Waals surface area contributed by atoms with Crippen LogP contribution in [0.1, 0.15) is 52.4 Å². The van der Waals surface area contributed by atoms with E-state index in [1.807, 2.05) is 30.3 Å². The highest BCUT2D eigenvalue weighted by Crippen LogP contribution is 2.28. The van der Waals surface area contributed by atoms with Gasteiger partial charge in [-0.3, -0.25) is 9.59 Å². The number of rotatable bonds is 6. The van der Waals surface area contributed by atoms with Crippen molar-refractivity contribution in [3.05, 3.63) is 70.6 Å². The zero-order valence-electron chi connectivity index (χ0n) is 16.7. The van der Waals surface area contributed by atoms with Gasteiger partial charge in [0, 0.05) is 11.3 Å². The lowest BCUT2D eigenvalue weighted by molar-refractivity contribution is -0.118. The van der Waals surface area contributed by atoms with Crippen LogP contribution in [0.4, 0.5) is 5.13 Å². The number of thiazole rings is 1. The first-order valence-electron chi connectivity index (χ1n) is 10.4. The third-order valence-corrected chi connectivity index (χ3v) is 6.30. The Morgan fingerprint density at radius 2 is 1.83 bits per heavy atom. The highest BCUT2D eigenvalue weighted by atomic mass is 32.1. The van der Waals surface area contributed by atoms with Crippen LogP contribution in [0.3, 0.4) is 0 Å². The van der Waals surface area contributed by atoms with Gasteiger partial charge in [0.2, 0.25) is 5.91 Å². The van der Waals surface area contributed by atoms with E-state index in [0.29, 0.717) is 11.6 Å². The zero-order chi connectivity index (χ0) is 20.8. The van der Waals surface area contributed by atoms with Crippen LogP contribution in [0.2, 0.25) is 0 Å². The predicted octanol–water partition coefficient (Wildman–Crippen LogP) is 4.37. The van der Waals surface area contributed by atoms with E-state index in [1.54, 1.807) is 23.5 Å². The number of amides is 2. The van der Waals surface area contributed by atoms with E-state index in [4.69, 9.17) is 4.42 Å². The van der Waals surface area contributed by atoms with Crippen LogP contribution in [0.15, 0.2) is 53.1 Å². The van der Waals surface area contributed by atoms with Crippen LogP contribution in [-0.2, 0) is 24.1 Å². The minimum absolute atomic E-state index is 0.179. The van der Waals surface area contributed by atoms with Gasteiger partial charge >= 0.3 is 0 Å². The summed E-state index contributed by atoms with van der Waals surface area (Å²) in [5.41, 5.74) is 2.07. The molecule has 0 fully saturated rings. The zero-order valence-corrected chi connectivity index (χ0v) is 17.5. The van der Waals surface area contributed by atoms with Crippen molar-refractivity contribution in [1.82, 2.24) is 10.3 Å². The van der Waals surface area contributed by atoms with Crippen molar-refractivity contribution in [2.24, 2.45) is 0 Å². The molecule has 0 spiro atoms. The molecule has 7 heteroatoms. The van der Waals surface area contributed by atoms with Gasteiger partial charge < -0.3 is 15.1 Å². The minimum atomic E-state index is -0.739. The fraction of sp³-hybridized carbons (Fsp3) is 0.348. The summed E-state index contributed by atoms with van der Waals surface area (Å²) < 4.78 is 5.17. The number of aryl methyl sites for hydroxylation is 2. The summed E-state index contributed by atoms with van der Waals surface area (Å²) in [5, 5.41) is 6.34. The lowest BCUT2D eigenvalue weighted by Gasteiger charge is -2.17. The molecule has 156 valence electrons. The van der Waals surface area contributed by atoms with Crippen LogP contribution >= 0.6 is 11.3 Å². The number of benzene rings is 1. The number of hydrogen-bond donors (Lipinski definition) is 2. The second-order valence-electron chi connectivity index (χ2n) is 7.49. The molecule has 1 atom stereocenters. The highest BCUT2D eigenvalue weighted by Gasteiger charge is 2.24. The summed E-state index contributed by atoms with van der Waals surface area (Å²) in [4.78, 5) is 31.5. The van der Waals surface area contributed by atoms with Gasteiger partial charge in [-0.05, 0) is 43.4 Å². The molecular weight excluding hydrogens is 398 g/mol. The van der Waals surface area contributed by atoms with E-state index >= 15 is 0 Å². The normalized spacial score (nSPS) is 14.8. The predicted molar refractivity (Wildman–Crippen MR) is 117 cm³/mol. The molecule has 0 saturated carbocycles. The summed E-state index contributed by atoms with van der Waals surface area (Å²) in [7, 11) is 0. The quantitative estimate of drug-likeness (QED) is 0.616. The standard InChI is InChI=1S/C23H25N3O3S/c27-21(26-23-25-17-11-6-1-2-7-13-20(17)30-23)18(15-16-9-4-3-5-10-16)24-22(28)19-12-8-14-29-19/h3-5,8-10,12,14,18H,1-2,6-7,11,13,15H2,(H,24,28)(H,25,26,27). The Labute approximate surface area is 179 Å². The first kappa shape index (κ1) is 20.3. The van der Waals surface area contributed by atoms with Crippen LogP contribution in [-0.4, -0.2) is 22.8 Å². The lowest BCUT2D eigenvalue weighted by atomic mass is 10.0. The van der Waals surface area contributed by atoms with Crippen molar-refractivity contribution >= 4 is 28.3 Å². The Morgan fingerprint density at radius 3 is 2.60 bits per heavy atom. The largest absolute Gasteiger partial charge is 0.459 e. The van der Waals surface area contributed by atoms with E-state index in [2.05, 4.69) is 15.6 Å². The van der Waals surface area contributed by atoms with Gasteiger partial charge in [0.25, 0.3) is 5.91 Å². The van der Waals surface area contributed by atoms with Crippen LogP contribution < -0.4 is 10.6 Å². The van der Waals surface area contributed by atoms with Crippen molar-refractivity contribution in [1.29, 1.82) is 0 Å². The topological polar surface area (TPSA) is 84.2 Å². The average Bonchev–Trinajstić information content (AvgIpc) is 3.39. The van der Waals surface area contributed by atoms with E-state index < -0.39 is 11.9 Å². The molecule has 30 heavy (non-hydrogen) atoms. The Kier molecular flexibility index (Phi) is 6.59. The Bertz CT molecular complexity index is 957. The van der Waals surface area contributed by atoms with E-state index in [0.717, 1.165) is 30.5 Å². The monoisotopic (exact) mass is 423 g/mol. The number of nitrogens with one attached hydrogen (secondary N) is 2. The molecule has 0 aliphatic heterocycles. The Morgan fingerprint density at radius 1 is 1.03 bits per heavy atom. The van der Waals surface area contributed by atoms with Crippen molar-refractivity contribution in [2.45, 2.75) is 51.0 Å². The third-order valence-electron chi connectivity index (χ3n) is 5.23. The number of anilines is 1. The molecular formula is C23H25N3O3S. The summed E-state index contributed by atoms with van der Waals surface area (Å²) in [6.45, 7) is 0. The van der Waals surface area contributed by atoms with E-state index in [9.17, 15) is 9.59 Å². The maximum atomic E-state index is 13.1. The van der Waals surface area contributed by atoms with Gasteiger partial charge in [-0.15, -0.1) is 11.3 Å². The molecule has 3 aromatic rings. The minimum Gasteiger partial charge on any atom is -0.459 e. The SMILES string of the molecule is O=C(NC(Cc1ccccc1)C(=O)Nc1nc2c(s1)CCCCCC2)c1ccco1. The van der Waals surface area contributed by atoms with Gasteiger partial charge in [0.15, 0.2) is 10.9 Å². The molecule has 4 rings (SSSR count). The Balaban J connectivity index is 1.50. The maximum absolute atomic E-state index is 13.1. The van der Waals surface area contributed by atoms with Crippen molar-refractivity contribution in [2.75, 3.05) is 5.32 Å². The number of carbonyl (C=O) groups is 2. The maximum Gasteiger partial charge on any atom is 0.287 e. The second-order valence-corrected chi connectivity index (χ2v) is 8.57. The third kappa shape index (κ3) is 5.16. The summed E-state index contributed by atoms with van der Waals surface area (Å²) in [6, 6.07) is 12.1. The second kappa shape index (κ2) is 9.71. The van der Waals surface area contributed by atoms with Gasteiger partial charge in [0.1, 0.15) is 6.04 Å². The number of hydrogen-bond acceptors (Lipinski definition) is 5. The molecule has 0 radical (unpaired) electrons. The van der Waals surface area contributed by atoms with Gasteiger partial charge in [-0.1, -0.05) is 43.2 Å². The Hall–Kier alpha value is -2.93. The van der Waals surface area contributed by atoms with E-state index in [-0.39, 0.29) is 11.7 Å². The molecule has 0 saturated heterocycles. The van der Waals surface area contributed by atoms with Crippen molar-refractivity contribution < 1.29 is 14.0 Å². The molecule has 2 amide bonds. The summed E-state index contributed by atoms with van der Waals surface area (Å²) in [6.07, 6.45) is 8.58. The molecule has 1 unspecified atom stereocenters. The number of nitrogens with zero attached hydrogens (tertiary/aromatic N) is 1. The smallest absolute Gasteiger partial charge is 0.287 e. The van der Waals surface area contributed by atoms with Crippen molar-refractivity contribution in [3.8, 4) is 0 Å². The number of furan rings is 1. The van der Waals surface area contributed by atoms with Crippen LogP contribution in [0, 0.1) is 0 Å². The number of carbonyl (C=O) groups excluding carboxylic acids is 2. The van der Waals surface area contributed by atoms with E-state index in [1.165, 1.54) is 30.4 Å². The summed E-state index contributed by atoms with van der Waals surface area (Å²) in [5.74, 6) is -0.513. The molecule has 1 aromatic carbocycles.